The van der Waals surface area contributed by atoms with E-state index in [1.807, 2.05) is 0 Å². The van der Waals surface area contributed by atoms with Crippen LogP contribution in [0.25, 0.3) is 11.0 Å². The molecular weight excluding hydrogens is 222 g/mol. The standard InChI is InChI=1S/C15H21N3/c16-9-3-4-11-7-8-13-14(10-11)18-15(17-13)12-5-1-2-6-12/h7-8,10,12H,1-6,9,16H2,(H,17,18). The van der Waals surface area contributed by atoms with Crippen molar-refractivity contribution in [2.24, 2.45) is 5.73 Å². The third-order valence-corrected chi connectivity index (χ3v) is 3.98. The number of rotatable bonds is 4. The van der Waals surface area contributed by atoms with Gasteiger partial charge in [-0.3, -0.25) is 0 Å². The molecule has 0 saturated heterocycles. The number of aromatic amines is 1. The Kier molecular flexibility index (Phi) is 3.33. The van der Waals surface area contributed by atoms with Crippen LogP contribution < -0.4 is 5.73 Å². The van der Waals surface area contributed by atoms with Crippen LogP contribution in [0, 0.1) is 0 Å². The lowest BCUT2D eigenvalue weighted by molar-refractivity contribution is 0.681. The van der Waals surface area contributed by atoms with Crippen LogP contribution in [0.15, 0.2) is 18.2 Å². The van der Waals surface area contributed by atoms with Crippen LogP contribution in [-0.4, -0.2) is 16.5 Å². The normalized spacial score (nSPS) is 16.7. The Hall–Kier alpha value is -1.35. The first-order valence-electron chi connectivity index (χ1n) is 7.05. The van der Waals surface area contributed by atoms with Gasteiger partial charge in [-0.15, -0.1) is 0 Å². The summed E-state index contributed by atoms with van der Waals surface area (Å²) in [7, 11) is 0. The summed E-state index contributed by atoms with van der Waals surface area (Å²) in [5.74, 6) is 1.85. The molecule has 0 bridgehead atoms. The average Bonchev–Trinajstić information content (AvgIpc) is 3.03. The maximum absolute atomic E-state index is 5.56. The molecule has 3 N–H and O–H groups in total. The number of fused-ring (bicyclic) bond motifs is 1. The van der Waals surface area contributed by atoms with Crippen LogP contribution in [0.5, 0.6) is 0 Å². The molecule has 0 atom stereocenters. The van der Waals surface area contributed by atoms with Crippen molar-refractivity contribution in [2.45, 2.75) is 44.4 Å². The van der Waals surface area contributed by atoms with E-state index < -0.39 is 0 Å². The summed E-state index contributed by atoms with van der Waals surface area (Å²) >= 11 is 0. The van der Waals surface area contributed by atoms with Gasteiger partial charge in [-0.05, 0) is 49.9 Å². The van der Waals surface area contributed by atoms with E-state index in [4.69, 9.17) is 10.7 Å². The van der Waals surface area contributed by atoms with E-state index in [0.29, 0.717) is 5.92 Å². The van der Waals surface area contributed by atoms with Gasteiger partial charge in [0, 0.05) is 5.92 Å². The lowest BCUT2D eigenvalue weighted by Crippen LogP contribution is -2.00. The van der Waals surface area contributed by atoms with Gasteiger partial charge in [0.05, 0.1) is 11.0 Å². The first-order chi connectivity index (χ1) is 8.86. The van der Waals surface area contributed by atoms with Gasteiger partial charge in [0.15, 0.2) is 0 Å². The summed E-state index contributed by atoms with van der Waals surface area (Å²) in [5, 5.41) is 0. The number of aryl methyl sites for hydroxylation is 1. The monoisotopic (exact) mass is 243 g/mol. The lowest BCUT2D eigenvalue weighted by atomic mass is 10.1. The van der Waals surface area contributed by atoms with E-state index in [-0.39, 0.29) is 0 Å². The molecule has 1 aromatic carbocycles. The predicted octanol–water partition coefficient (Wildman–Crippen LogP) is 3.11. The molecule has 1 aliphatic rings. The van der Waals surface area contributed by atoms with E-state index in [0.717, 1.165) is 24.9 Å². The smallest absolute Gasteiger partial charge is 0.110 e. The topological polar surface area (TPSA) is 54.7 Å². The van der Waals surface area contributed by atoms with Crippen molar-refractivity contribution in [1.29, 1.82) is 0 Å². The molecule has 2 aromatic rings. The summed E-state index contributed by atoms with van der Waals surface area (Å²) in [6.07, 6.45) is 7.39. The first kappa shape index (κ1) is 11.7. The van der Waals surface area contributed by atoms with Crippen LogP contribution in [0.2, 0.25) is 0 Å². The van der Waals surface area contributed by atoms with E-state index in [1.54, 1.807) is 0 Å². The van der Waals surface area contributed by atoms with Gasteiger partial charge in [-0.25, -0.2) is 4.98 Å². The summed E-state index contributed by atoms with van der Waals surface area (Å²) in [6.45, 7) is 0.758. The van der Waals surface area contributed by atoms with Gasteiger partial charge in [0.2, 0.25) is 0 Å². The van der Waals surface area contributed by atoms with Crippen LogP contribution in [0.3, 0.4) is 0 Å². The van der Waals surface area contributed by atoms with E-state index >= 15 is 0 Å². The quantitative estimate of drug-likeness (QED) is 0.867. The van der Waals surface area contributed by atoms with Crippen LogP contribution in [-0.2, 0) is 6.42 Å². The third kappa shape index (κ3) is 2.27. The van der Waals surface area contributed by atoms with Crippen molar-refractivity contribution < 1.29 is 0 Å². The molecule has 3 nitrogen and oxygen atoms in total. The molecule has 1 aliphatic carbocycles. The highest BCUT2D eigenvalue weighted by atomic mass is 14.9. The van der Waals surface area contributed by atoms with Crippen molar-refractivity contribution in [2.75, 3.05) is 6.54 Å². The van der Waals surface area contributed by atoms with Gasteiger partial charge < -0.3 is 10.7 Å². The van der Waals surface area contributed by atoms with Crippen molar-refractivity contribution in [1.82, 2.24) is 9.97 Å². The maximum Gasteiger partial charge on any atom is 0.110 e. The summed E-state index contributed by atoms with van der Waals surface area (Å²) in [6, 6.07) is 6.55. The fourth-order valence-corrected chi connectivity index (χ4v) is 2.93. The number of hydrogen-bond acceptors (Lipinski definition) is 2. The van der Waals surface area contributed by atoms with Crippen LogP contribution >= 0.6 is 0 Å². The molecule has 0 amide bonds. The number of nitrogens with one attached hydrogen (secondary N) is 1. The third-order valence-electron chi connectivity index (χ3n) is 3.98. The zero-order valence-electron chi connectivity index (χ0n) is 10.8. The Balaban J connectivity index is 1.86. The highest BCUT2D eigenvalue weighted by Crippen LogP contribution is 2.33. The molecule has 3 heteroatoms. The van der Waals surface area contributed by atoms with Gasteiger partial charge in [-0.2, -0.15) is 0 Å². The molecule has 0 radical (unpaired) electrons. The largest absolute Gasteiger partial charge is 0.342 e. The zero-order chi connectivity index (χ0) is 12.4. The molecule has 3 rings (SSSR count). The van der Waals surface area contributed by atoms with Crippen LogP contribution in [0.4, 0.5) is 0 Å². The van der Waals surface area contributed by atoms with Gasteiger partial charge in [-0.1, -0.05) is 18.9 Å². The highest BCUT2D eigenvalue weighted by Gasteiger charge is 2.20. The molecule has 96 valence electrons. The number of aromatic nitrogens is 2. The van der Waals surface area contributed by atoms with Crippen molar-refractivity contribution in [3.8, 4) is 0 Å². The number of benzene rings is 1. The molecule has 1 heterocycles. The fraction of sp³-hybridized carbons (Fsp3) is 0.533. The number of nitrogens with zero attached hydrogens (tertiary/aromatic N) is 1. The SMILES string of the molecule is NCCCc1ccc2nc(C3CCCC3)[nH]c2c1. The first-order valence-corrected chi connectivity index (χ1v) is 7.05. The van der Waals surface area contributed by atoms with Crippen molar-refractivity contribution in [3.05, 3.63) is 29.6 Å². The highest BCUT2D eigenvalue weighted by molar-refractivity contribution is 5.76. The second-order valence-corrected chi connectivity index (χ2v) is 5.35. The van der Waals surface area contributed by atoms with E-state index in [2.05, 4.69) is 23.2 Å². The molecule has 0 aliphatic heterocycles. The molecule has 1 aromatic heterocycles. The summed E-state index contributed by atoms with van der Waals surface area (Å²) < 4.78 is 0. The van der Waals surface area contributed by atoms with Gasteiger partial charge in [0.1, 0.15) is 5.82 Å². The van der Waals surface area contributed by atoms with Gasteiger partial charge in [0.25, 0.3) is 0 Å². The Morgan fingerprint density at radius 2 is 2.11 bits per heavy atom. The minimum atomic E-state index is 0.657. The molecular formula is C15H21N3. The molecule has 1 fully saturated rings. The second-order valence-electron chi connectivity index (χ2n) is 5.35. The average molecular weight is 243 g/mol. The fourth-order valence-electron chi connectivity index (χ4n) is 2.93. The maximum atomic E-state index is 5.56. The Bertz CT molecular complexity index is 524. The number of hydrogen-bond donors (Lipinski definition) is 2. The molecule has 1 saturated carbocycles. The van der Waals surface area contributed by atoms with E-state index in [1.165, 1.54) is 42.6 Å². The Labute approximate surface area is 108 Å². The number of imidazole rings is 1. The minimum absolute atomic E-state index is 0.657. The Morgan fingerprint density at radius 1 is 1.28 bits per heavy atom. The zero-order valence-corrected chi connectivity index (χ0v) is 10.8. The minimum Gasteiger partial charge on any atom is -0.342 e. The Morgan fingerprint density at radius 3 is 2.89 bits per heavy atom. The number of nitrogens with two attached hydrogens (primary N) is 1. The summed E-state index contributed by atoms with van der Waals surface area (Å²) in [5.41, 5.74) is 9.20. The van der Waals surface area contributed by atoms with E-state index in [9.17, 15) is 0 Å². The summed E-state index contributed by atoms with van der Waals surface area (Å²) in [4.78, 5) is 8.25. The molecule has 0 spiro atoms. The number of H-pyrrole nitrogens is 1. The van der Waals surface area contributed by atoms with Crippen molar-refractivity contribution >= 4 is 11.0 Å². The van der Waals surface area contributed by atoms with Crippen molar-refractivity contribution in [3.63, 3.8) is 0 Å². The second kappa shape index (κ2) is 5.11. The predicted molar refractivity (Wildman–Crippen MR) is 74.7 cm³/mol. The molecule has 0 unspecified atom stereocenters. The molecule has 18 heavy (non-hydrogen) atoms. The van der Waals surface area contributed by atoms with Crippen LogP contribution in [0.1, 0.15) is 49.4 Å². The van der Waals surface area contributed by atoms with Gasteiger partial charge >= 0.3 is 0 Å². The lowest BCUT2D eigenvalue weighted by Gasteiger charge is -2.02.